The summed E-state index contributed by atoms with van der Waals surface area (Å²) in [6, 6.07) is 9.97. The fourth-order valence-corrected chi connectivity index (χ4v) is 10.4. The van der Waals surface area contributed by atoms with E-state index in [0.717, 1.165) is 90.9 Å². The molecular weight excluding hydrogens is 550 g/mol. The number of thiophene rings is 1. The first-order valence-electron chi connectivity index (χ1n) is 14.3. The molecule has 3 fully saturated rings. The highest BCUT2D eigenvalue weighted by molar-refractivity contribution is 7.92. The van der Waals surface area contributed by atoms with Gasteiger partial charge in [-0.2, -0.15) is 0 Å². The zero-order valence-electron chi connectivity index (χ0n) is 23.0. The summed E-state index contributed by atoms with van der Waals surface area (Å²) in [5.74, 6) is 0. The second kappa shape index (κ2) is 10.2. The lowest BCUT2D eigenvalue weighted by Crippen LogP contribution is -2.52. The van der Waals surface area contributed by atoms with Crippen LogP contribution in [0, 0.1) is 12.3 Å². The highest BCUT2D eigenvalue weighted by Crippen LogP contribution is 2.53. The van der Waals surface area contributed by atoms with Crippen LogP contribution < -0.4 is 10.9 Å². The molecule has 1 aromatic carbocycles. The second-order valence-electron chi connectivity index (χ2n) is 12.3. The maximum absolute atomic E-state index is 13.5. The van der Waals surface area contributed by atoms with E-state index in [9.17, 15) is 13.2 Å². The van der Waals surface area contributed by atoms with E-state index in [0.29, 0.717) is 10.9 Å². The standard InChI is InChI=1S/C30H38ClN3O3S2/c1-19(2)33-12-10-30(11-13-33)17-23(18-30)39(36,37)22-8-9-25(20(3)14-22)32-28-16-26-27(38-28)15-24(31)29(35)34(26)21-6-4-5-7-21/h8-9,14-16,19,21,23,32H,4-7,10-13,17-18H2,1-3H3. The number of nitrogens with one attached hydrogen (secondary N) is 1. The van der Waals surface area contributed by atoms with Crippen LogP contribution in [0.2, 0.25) is 5.02 Å². The number of fused-ring (bicyclic) bond motifs is 1. The maximum atomic E-state index is 13.5. The minimum absolute atomic E-state index is 0.116. The summed E-state index contributed by atoms with van der Waals surface area (Å²) in [6.07, 6.45) is 8.05. The smallest absolute Gasteiger partial charge is 0.270 e. The molecular formula is C30H38ClN3O3S2. The summed E-state index contributed by atoms with van der Waals surface area (Å²) in [7, 11) is -3.36. The molecule has 2 saturated carbocycles. The van der Waals surface area contributed by atoms with E-state index < -0.39 is 9.84 Å². The molecule has 3 heterocycles. The Hall–Kier alpha value is -1.87. The van der Waals surface area contributed by atoms with Gasteiger partial charge in [-0.15, -0.1) is 11.3 Å². The SMILES string of the molecule is Cc1cc(S(=O)(=O)C2CC3(CCN(C(C)C)CC3)C2)ccc1Nc1cc2c(cc(Cl)c(=O)n2C2CCCC2)s1. The lowest BCUT2D eigenvalue weighted by atomic mass is 9.63. The van der Waals surface area contributed by atoms with Crippen molar-refractivity contribution in [2.45, 2.75) is 94.4 Å². The van der Waals surface area contributed by atoms with Gasteiger partial charge in [-0.3, -0.25) is 4.79 Å². The zero-order chi connectivity index (χ0) is 27.5. The third-order valence-electron chi connectivity index (χ3n) is 9.50. The van der Waals surface area contributed by atoms with Gasteiger partial charge in [-0.1, -0.05) is 24.4 Å². The number of nitrogens with zero attached hydrogens (tertiary/aromatic N) is 2. The van der Waals surface area contributed by atoms with Crippen molar-refractivity contribution in [3.8, 4) is 0 Å². The minimum Gasteiger partial charge on any atom is -0.347 e. The maximum Gasteiger partial charge on any atom is 0.270 e. The van der Waals surface area contributed by atoms with Gasteiger partial charge in [0.1, 0.15) is 5.02 Å². The minimum atomic E-state index is -3.36. The van der Waals surface area contributed by atoms with Crippen LogP contribution in [-0.4, -0.2) is 42.3 Å². The van der Waals surface area contributed by atoms with Crippen LogP contribution in [0.5, 0.6) is 0 Å². The molecule has 0 atom stereocenters. The summed E-state index contributed by atoms with van der Waals surface area (Å²) < 4.78 is 29.9. The summed E-state index contributed by atoms with van der Waals surface area (Å²) in [5, 5.41) is 4.37. The Kier molecular flexibility index (Phi) is 7.14. The Balaban J connectivity index is 1.19. The topological polar surface area (TPSA) is 71.4 Å². The average molecular weight is 588 g/mol. The van der Waals surface area contributed by atoms with Crippen LogP contribution >= 0.6 is 22.9 Å². The zero-order valence-corrected chi connectivity index (χ0v) is 25.4. The van der Waals surface area contributed by atoms with E-state index in [-0.39, 0.29) is 27.3 Å². The van der Waals surface area contributed by atoms with Crippen molar-refractivity contribution >= 4 is 53.7 Å². The van der Waals surface area contributed by atoms with E-state index >= 15 is 0 Å². The Morgan fingerprint density at radius 1 is 1.08 bits per heavy atom. The highest BCUT2D eigenvalue weighted by Gasteiger charge is 2.51. The molecule has 0 amide bonds. The fraction of sp³-hybridized carbons (Fsp3) is 0.567. The van der Waals surface area contributed by atoms with Gasteiger partial charge >= 0.3 is 0 Å². The van der Waals surface area contributed by atoms with E-state index in [1.807, 2.05) is 29.7 Å². The molecule has 1 spiro atoms. The highest BCUT2D eigenvalue weighted by atomic mass is 35.5. The number of piperidine rings is 1. The predicted molar refractivity (Wildman–Crippen MR) is 162 cm³/mol. The number of likely N-dealkylation sites (tertiary alicyclic amines) is 1. The van der Waals surface area contributed by atoms with Crippen LogP contribution in [0.3, 0.4) is 0 Å². The van der Waals surface area contributed by atoms with Gasteiger partial charge in [-0.25, -0.2) is 8.42 Å². The molecule has 0 unspecified atom stereocenters. The summed E-state index contributed by atoms with van der Waals surface area (Å²) in [4.78, 5) is 15.8. The Morgan fingerprint density at radius 3 is 2.41 bits per heavy atom. The molecule has 0 radical (unpaired) electrons. The number of pyridine rings is 1. The lowest BCUT2D eigenvalue weighted by Gasteiger charge is -2.52. The number of aryl methyl sites for hydroxylation is 1. The summed E-state index contributed by atoms with van der Waals surface area (Å²) in [6.45, 7) is 8.57. The molecule has 0 bridgehead atoms. The molecule has 1 aliphatic heterocycles. The first-order chi connectivity index (χ1) is 18.6. The van der Waals surface area contributed by atoms with Crippen molar-refractivity contribution in [1.82, 2.24) is 9.47 Å². The van der Waals surface area contributed by atoms with Gasteiger partial charge in [0.25, 0.3) is 5.56 Å². The van der Waals surface area contributed by atoms with Crippen LogP contribution in [-0.2, 0) is 9.84 Å². The van der Waals surface area contributed by atoms with Gasteiger partial charge in [0, 0.05) is 17.8 Å². The number of sulfone groups is 1. The lowest BCUT2D eigenvalue weighted by molar-refractivity contribution is 0.0246. The molecule has 1 N–H and O–H groups in total. The first-order valence-corrected chi connectivity index (χ1v) is 17.0. The number of halogens is 1. The molecule has 2 aromatic heterocycles. The number of hydrogen-bond donors (Lipinski definition) is 1. The number of anilines is 2. The quantitative estimate of drug-likeness (QED) is 0.327. The largest absolute Gasteiger partial charge is 0.347 e. The third kappa shape index (κ3) is 4.96. The number of rotatable bonds is 6. The molecule has 210 valence electrons. The van der Waals surface area contributed by atoms with E-state index in [2.05, 4.69) is 24.1 Å². The number of benzene rings is 1. The van der Waals surface area contributed by atoms with Crippen LogP contribution in [0.25, 0.3) is 10.2 Å². The number of hydrogen-bond acceptors (Lipinski definition) is 6. The molecule has 3 aliphatic rings. The van der Waals surface area contributed by atoms with E-state index in [4.69, 9.17) is 11.6 Å². The number of aromatic nitrogens is 1. The van der Waals surface area contributed by atoms with Crippen LogP contribution in [0.4, 0.5) is 10.7 Å². The molecule has 39 heavy (non-hydrogen) atoms. The van der Waals surface area contributed by atoms with Gasteiger partial charge in [-0.05, 0) is 114 Å². The van der Waals surface area contributed by atoms with Crippen molar-refractivity contribution in [1.29, 1.82) is 0 Å². The van der Waals surface area contributed by atoms with Crippen molar-refractivity contribution in [3.05, 3.63) is 51.3 Å². The average Bonchev–Trinajstić information content (AvgIpc) is 3.54. The third-order valence-corrected chi connectivity index (χ3v) is 12.9. The van der Waals surface area contributed by atoms with Crippen LogP contribution in [0.15, 0.2) is 40.0 Å². The summed E-state index contributed by atoms with van der Waals surface area (Å²) in [5.41, 5.74) is 2.77. The normalized spacial score (nSPS) is 20.7. The second-order valence-corrected chi connectivity index (χ2v) is 16.0. The van der Waals surface area contributed by atoms with Crippen molar-refractivity contribution < 1.29 is 8.42 Å². The van der Waals surface area contributed by atoms with Gasteiger partial charge < -0.3 is 14.8 Å². The van der Waals surface area contributed by atoms with Gasteiger partial charge in [0.15, 0.2) is 9.84 Å². The van der Waals surface area contributed by atoms with E-state index in [1.165, 1.54) is 0 Å². The van der Waals surface area contributed by atoms with Crippen molar-refractivity contribution in [2.24, 2.45) is 5.41 Å². The Labute approximate surface area is 240 Å². The molecule has 1 saturated heterocycles. The van der Waals surface area contributed by atoms with Gasteiger partial charge in [0.2, 0.25) is 0 Å². The molecule has 6 nitrogen and oxygen atoms in total. The van der Waals surface area contributed by atoms with Gasteiger partial charge in [0.05, 0.1) is 25.4 Å². The van der Waals surface area contributed by atoms with Crippen molar-refractivity contribution in [3.63, 3.8) is 0 Å². The predicted octanol–water partition coefficient (Wildman–Crippen LogP) is 7.31. The Bertz CT molecular complexity index is 1550. The first kappa shape index (κ1) is 27.3. The van der Waals surface area contributed by atoms with Crippen LogP contribution in [0.1, 0.15) is 76.8 Å². The van der Waals surface area contributed by atoms with E-state index in [1.54, 1.807) is 23.5 Å². The monoisotopic (exact) mass is 587 g/mol. The van der Waals surface area contributed by atoms with Crippen molar-refractivity contribution in [2.75, 3.05) is 18.4 Å². The molecule has 2 aliphatic carbocycles. The summed E-state index contributed by atoms with van der Waals surface area (Å²) >= 11 is 7.89. The fourth-order valence-electron chi connectivity index (χ4n) is 7.00. The molecule has 6 rings (SSSR count). The molecule has 9 heteroatoms. The molecule has 3 aromatic rings. The Morgan fingerprint density at radius 2 is 1.77 bits per heavy atom.